The Hall–Kier alpha value is -3.23. The van der Waals surface area contributed by atoms with Crippen molar-refractivity contribution in [2.24, 2.45) is 0 Å². The summed E-state index contributed by atoms with van der Waals surface area (Å²) in [6.07, 6.45) is 1.62. The van der Waals surface area contributed by atoms with Crippen LogP contribution in [0.2, 0.25) is 0 Å². The van der Waals surface area contributed by atoms with E-state index in [1.54, 1.807) is 46.4 Å². The monoisotopic (exact) mass is 510 g/mol. The third kappa shape index (κ3) is 6.50. The highest BCUT2D eigenvalue weighted by atomic mass is 32.1. The van der Waals surface area contributed by atoms with Gasteiger partial charge in [0.05, 0.1) is 19.0 Å². The van der Waals surface area contributed by atoms with Crippen molar-refractivity contribution in [2.75, 3.05) is 40.0 Å². The predicted molar refractivity (Wildman–Crippen MR) is 138 cm³/mol. The molecule has 2 heterocycles. The lowest BCUT2D eigenvalue weighted by Crippen LogP contribution is -2.48. The van der Waals surface area contributed by atoms with Gasteiger partial charge in [0.15, 0.2) is 11.6 Å². The molecular formula is C28H31FN2O4S. The van der Waals surface area contributed by atoms with Crippen molar-refractivity contribution < 1.29 is 23.5 Å². The van der Waals surface area contributed by atoms with Crippen LogP contribution < -0.4 is 4.74 Å². The molecule has 1 aliphatic heterocycles. The lowest BCUT2D eigenvalue weighted by atomic mass is 10.0. The average molecular weight is 511 g/mol. The Bertz CT molecular complexity index is 1150. The molecule has 190 valence electrons. The van der Waals surface area contributed by atoms with Crippen LogP contribution in [0.3, 0.4) is 0 Å². The lowest BCUT2D eigenvalue weighted by Gasteiger charge is -2.37. The molecule has 36 heavy (non-hydrogen) atoms. The molecule has 1 aromatic heterocycles. The zero-order valence-electron chi connectivity index (χ0n) is 20.4. The molecule has 8 heteroatoms. The number of fused-ring (bicyclic) bond motifs is 1. The van der Waals surface area contributed by atoms with Crippen LogP contribution in [0.5, 0.6) is 5.75 Å². The fourth-order valence-electron chi connectivity index (χ4n) is 4.43. The molecule has 2 aromatic carbocycles. The normalized spacial score (nSPS) is 14.8. The van der Waals surface area contributed by atoms with Crippen molar-refractivity contribution in [2.45, 2.75) is 25.3 Å². The van der Waals surface area contributed by atoms with Crippen molar-refractivity contribution in [3.05, 3.63) is 87.9 Å². The van der Waals surface area contributed by atoms with Gasteiger partial charge in [0.25, 0.3) is 0 Å². The third-order valence-corrected chi connectivity index (χ3v) is 7.30. The highest BCUT2D eigenvalue weighted by Crippen LogP contribution is 2.34. The molecule has 0 spiro atoms. The molecule has 2 amide bonds. The fraction of sp³-hybridized carbons (Fsp3) is 0.357. The van der Waals surface area contributed by atoms with E-state index >= 15 is 0 Å². The van der Waals surface area contributed by atoms with E-state index in [1.807, 2.05) is 41.8 Å². The number of thiophene rings is 1. The number of hydrogen-bond acceptors (Lipinski definition) is 5. The van der Waals surface area contributed by atoms with Gasteiger partial charge in [-0.1, -0.05) is 42.5 Å². The van der Waals surface area contributed by atoms with Crippen molar-refractivity contribution >= 4 is 23.2 Å². The van der Waals surface area contributed by atoms with Gasteiger partial charge in [-0.15, -0.1) is 11.3 Å². The first kappa shape index (κ1) is 25.9. The number of para-hydroxylation sites is 1. The number of hydrogen-bond donors (Lipinski definition) is 0. The van der Waals surface area contributed by atoms with Crippen LogP contribution in [0.4, 0.5) is 4.39 Å². The molecule has 0 saturated heterocycles. The summed E-state index contributed by atoms with van der Waals surface area (Å²) in [6, 6.07) is 17.4. The van der Waals surface area contributed by atoms with Crippen LogP contribution in [0, 0.1) is 5.82 Å². The molecule has 6 nitrogen and oxygen atoms in total. The van der Waals surface area contributed by atoms with E-state index < -0.39 is 5.82 Å². The summed E-state index contributed by atoms with van der Waals surface area (Å²) in [5.74, 6) is -0.523. The zero-order chi connectivity index (χ0) is 25.3. The largest absolute Gasteiger partial charge is 0.488 e. The summed E-state index contributed by atoms with van der Waals surface area (Å²) in [5.41, 5.74) is 1.93. The highest BCUT2D eigenvalue weighted by molar-refractivity contribution is 7.10. The first-order valence-corrected chi connectivity index (χ1v) is 13.0. The molecular weight excluding hydrogens is 479 g/mol. The Labute approximate surface area is 215 Å². The minimum absolute atomic E-state index is 0.0228. The average Bonchev–Trinajstić information content (AvgIpc) is 3.37. The van der Waals surface area contributed by atoms with Crippen LogP contribution in [0.25, 0.3) is 0 Å². The van der Waals surface area contributed by atoms with E-state index in [4.69, 9.17) is 9.47 Å². The number of methoxy groups -OCH3 is 1. The molecule has 1 unspecified atom stereocenters. The van der Waals surface area contributed by atoms with Crippen LogP contribution in [0.15, 0.2) is 66.0 Å². The van der Waals surface area contributed by atoms with E-state index in [9.17, 15) is 14.0 Å². The topological polar surface area (TPSA) is 59.1 Å². The van der Waals surface area contributed by atoms with Crippen LogP contribution in [-0.4, -0.2) is 61.6 Å². The molecule has 0 bridgehead atoms. The number of carbonyl (C=O) groups excluding carboxylic acids is 2. The van der Waals surface area contributed by atoms with E-state index in [1.165, 1.54) is 10.9 Å². The van der Waals surface area contributed by atoms with Crippen molar-refractivity contribution in [1.82, 2.24) is 9.80 Å². The first-order chi connectivity index (χ1) is 17.6. The van der Waals surface area contributed by atoms with Gasteiger partial charge in [-0.05, 0) is 47.5 Å². The molecule has 1 aliphatic rings. The van der Waals surface area contributed by atoms with Gasteiger partial charge in [0.2, 0.25) is 11.8 Å². The Morgan fingerprint density at radius 2 is 1.89 bits per heavy atom. The zero-order valence-corrected chi connectivity index (χ0v) is 21.2. The standard InChI is InChI=1S/C28H31FN2O4S/c1-34-16-7-14-30(27(32)18-21-8-3-2-4-9-21)19-28(33)31-15-12-26-22(13-17-36-26)24(31)20-35-25-11-6-5-10-23(25)29/h2-6,8-11,13,17,24H,7,12,14-16,18-20H2,1H3. The van der Waals surface area contributed by atoms with Gasteiger partial charge < -0.3 is 19.3 Å². The van der Waals surface area contributed by atoms with Gasteiger partial charge in [-0.3, -0.25) is 9.59 Å². The minimum Gasteiger partial charge on any atom is -0.488 e. The van der Waals surface area contributed by atoms with E-state index in [0.29, 0.717) is 26.1 Å². The predicted octanol–water partition coefficient (Wildman–Crippen LogP) is 4.50. The summed E-state index contributed by atoms with van der Waals surface area (Å²) >= 11 is 1.66. The fourth-order valence-corrected chi connectivity index (χ4v) is 5.36. The van der Waals surface area contributed by atoms with Gasteiger partial charge >= 0.3 is 0 Å². The molecule has 0 saturated carbocycles. The van der Waals surface area contributed by atoms with Gasteiger partial charge in [0, 0.05) is 31.7 Å². The van der Waals surface area contributed by atoms with E-state index in [2.05, 4.69) is 0 Å². The Balaban J connectivity index is 1.49. The van der Waals surface area contributed by atoms with Gasteiger partial charge in [-0.25, -0.2) is 4.39 Å². The number of benzene rings is 2. The maximum atomic E-state index is 14.2. The second-order valence-corrected chi connectivity index (χ2v) is 9.72. The maximum Gasteiger partial charge on any atom is 0.242 e. The summed E-state index contributed by atoms with van der Waals surface area (Å²) in [6.45, 7) is 1.57. The summed E-state index contributed by atoms with van der Waals surface area (Å²) < 4.78 is 25.2. The van der Waals surface area contributed by atoms with E-state index in [0.717, 1.165) is 17.5 Å². The summed E-state index contributed by atoms with van der Waals surface area (Å²) in [7, 11) is 1.62. The molecule has 0 aliphatic carbocycles. The molecule has 0 N–H and O–H groups in total. The molecule has 3 aromatic rings. The lowest BCUT2D eigenvalue weighted by molar-refractivity contribution is -0.142. The summed E-state index contributed by atoms with van der Waals surface area (Å²) in [5, 5.41) is 2.01. The van der Waals surface area contributed by atoms with Crippen LogP contribution in [-0.2, 0) is 27.2 Å². The van der Waals surface area contributed by atoms with E-state index in [-0.39, 0.29) is 43.2 Å². The Morgan fingerprint density at radius 1 is 1.11 bits per heavy atom. The number of halogens is 1. The number of ether oxygens (including phenoxy) is 2. The molecule has 0 radical (unpaired) electrons. The van der Waals surface area contributed by atoms with Crippen molar-refractivity contribution in [3.8, 4) is 5.75 Å². The quantitative estimate of drug-likeness (QED) is 0.357. The van der Waals surface area contributed by atoms with Crippen LogP contribution in [0.1, 0.15) is 28.5 Å². The van der Waals surface area contributed by atoms with Crippen molar-refractivity contribution in [3.63, 3.8) is 0 Å². The first-order valence-electron chi connectivity index (χ1n) is 12.1. The summed E-state index contributed by atoms with van der Waals surface area (Å²) in [4.78, 5) is 31.4. The molecule has 1 atom stereocenters. The smallest absolute Gasteiger partial charge is 0.242 e. The molecule has 4 rings (SSSR count). The number of amides is 2. The highest BCUT2D eigenvalue weighted by Gasteiger charge is 2.33. The SMILES string of the molecule is COCCCN(CC(=O)N1CCc2sccc2C1COc1ccccc1F)C(=O)Cc1ccccc1. The maximum absolute atomic E-state index is 14.2. The number of nitrogens with zero attached hydrogens (tertiary/aromatic N) is 2. The Kier molecular flexibility index (Phi) is 9.08. The molecule has 0 fully saturated rings. The number of rotatable bonds is 11. The van der Waals surface area contributed by atoms with Crippen LogP contribution >= 0.6 is 11.3 Å². The second-order valence-electron chi connectivity index (χ2n) is 8.72. The third-order valence-electron chi connectivity index (χ3n) is 6.30. The number of carbonyl (C=O) groups is 2. The Morgan fingerprint density at radius 3 is 2.67 bits per heavy atom. The van der Waals surface area contributed by atoms with Gasteiger partial charge in [0.1, 0.15) is 6.61 Å². The minimum atomic E-state index is -0.437. The second kappa shape index (κ2) is 12.6. The van der Waals surface area contributed by atoms with Gasteiger partial charge in [-0.2, -0.15) is 0 Å². The van der Waals surface area contributed by atoms with Crippen molar-refractivity contribution in [1.29, 1.82) is 0 Å².